The average Bonchev–Trinajstić information content (AvgIpc) is 3.33. The van der Waals surface area contributed by atoms with Gasteiger partial charge in [0.1, 0.15) is 15.7 Å². The summed E-state index contributed by atoms with van der Waals surface area (Å²) in [5.41, 5.74) is 6.10. The van der Waals surface area contributed by atoms with E-state index in [4.69, 9.17) is 34.1 Å². The van der Waals surface area contributed by atoms with E-state index in [1.807, 2.05) is 0 Å². The monoisotopic (exact) mass is 565 g/mol. The van der Waals surface area contributed by atoms with E-state index in [9.17, 15) is 21.6 Å². The number of thiazole rings is 2. The summed E-state index contributed by atoms with van der Waals surface area (Å²) in [7, 11) is -3.81. The standard InChI is InChI=1S/C19H12Cl2F3N5O2S3/c20-11-5-8(19(22,23)24)6-12(21)14(11)13-7-32-17(28-13)15-16(25)29-18(33-15)27-9-1-3-10(4-2-9)34(26,30)31/h1-7H,25H2,(H,27,29)(H2,26,30,31). The van der Waals surface area contributed by atoms with E-state index in [-0.39, 0.29) is 26.3 Å². The van der Waals surface area contributed by atoms with Crippen LogP contribution in [0.25, 0.3) is 21.1 Å². The number of nitrogens with two attached hydrogens (primary N) is 2. The summed E-state index contributed by atoms with van der Waals surface area (Å²) < 4.78 is 61.7. The first-order chi connectivity index (χ1) is 15.8. The van der Waals surface area contributed by atoms with Crippen LogP contribution in [0.5, 0.6) is 0 Å². The lowest BCUT2D eigenvalue weighted by molar-refractivity contribution is -0.137. The van der Waals surface area contributed by atoms with Gasteiger partial charge in [0.25, 0.3) is 0 Å². The van der Waals surface area contributed by atoms with Crippen molar-refractivity contribution in [3.63, 3.8) is 0 Å². The predicted molar refractivity (Wildman–Crippen MR) is 129 cm³/mol. The van der Waals surface area contributed by atoms with Crippen molar-refractivity contribution >= 4 is 72.5 Å². The largest absolute Gasteiger partial charge is 0.416 e. The topological polar surface area (TPSA) is 124 Å². The fourth-order valence-electron chi connectivity index (χ4n) is 2.86. The van der Waals surface area contributed by atoms with E-state index in [2.05, 4.69) is 15.3 Å². The molecule has 34 heavy (non-hydrogen) atoms. The number of aromatic nitrogens is 2. The SMILES string of the molecule is Nc1nc(Nc2ccc(S(N)(=O)=O)cc2)sc1-c1nc(-c2c(Cl)cc(C(F)(F)F)cc2Cl)cs1. The Kier molecular flexibility index (Phi) is 6.52. The summed E-state index contributed by atoms with van der Waals surface area (Å²) in [6.07, 6.45) is -4.58. The van der Waals surface area contributed by atoms with Crippen molar-refractivity contribution < 1.29 is 21.6 Å². The Morgan fingerprint density at radius 1 is 1.03 bits per heavy atom. The number of primary sulfonamides is 1. The minimum atomic E-state index is -4.58. The lowest BCUT2D eigenvalue weighted by Gasteiger charge is -2.11. The van der Waals surface area contributed by atoms with Crippen molar-refractivity contribution in [3.8, 4) is 21.1 Å². The van der Waals surface area contributed by atoms with Gasteiger partial charge in [0.2, 0.25) is 10.0 Å². The summed E-state index contributed by atoms with van der Waals surface area (Å²) in [4.78, 5) is 9.17. The van der Waals surface area contributed by atoms with Crippen molar-refractivity contribution in [2.24, 2.45) is 5.14 Å². The van der Waals surface area contributed by atoms with Gasteiger partial charge in [-0.3, -0.25) is 0 Å². The molecule has 0 atom stereocenters. The molecule has 0 aliphatic heterocycles. The molecule has 15 heteroatoms. The maximum Gasteiger partial charge on any atom is 0.416 e. The Hall–Kier alpha value is -2.42. The summed E-state index contributed by atoms with van der Waals surface area (Å²) in [6.45, 7) is 0. The lowest BCUT2D eigenvalue weighted by atomic mass is 10.1. The van der Waals surface area contributed by atoms with Gasteiger partial charge in [-0.15, -0.1) is 11.3 Å². The fourth-order valence-corrected chi connectivity index (χ4v) is 5.88. The second-order valence-corrected chi connectivity index (χ2v) is 11.0. The van der Waals surface area contributed by atoms with Crippen molar-refractivity contribution in [3.05, 3.63) is 57.4 Å². The van der Waals surface area contributed by atoms with E-state index in [0.717, 1.165) is 12.1 Å². The molecule has 0 bridgehead atoms. The number of alkyl halides is 3. The molecule has 0 spiro atoms. The summed E-state index contributed by atoms with van der Waals surface area (Å²) in [6, 6.07) is 7.33. The molecule has 0 aliphatic rings. The minimum Gasteiger partial charge on any atom is -0.382 e. The second kappa shape index (κ2) is 8.98. The van der Waals surface area contributed by atoms with Crippen molar-refractivity contribution in [2.45, 2.75) is 11.1 Å². The van der Waals surface area contributed by atoms with Gasteiger partial charge in [0.15, 0.2) is 5.13 Å². The van der Waals surface area contributed by atoms with E-state index in [0.29, 0.717) is 26.4 Å². The summed E-state index contributed by atoms with van der Waals surface area (Å²) in [5, 5.41) is 10.2. The third-order valence-electron chi connectivity index (χ3n) is 4.41. The number of nitrogen functional groups attached to an aromatic ring is 1. The highest BCUT2D eigenvalue weighted by molar-refractivity contribution is 7.89. The van der Waals surface area contributed by atoms with E-state index < -0.39 is 21.8 Å². The molecule has 0 fully saturated rings. The summed E-state index contributed by atoms with van der Waals surface area (Å²) >= 11 is 14.5. The number of halogens is 5. The molecule has 4 rings (SSSR count). The highest BCUT2D eigenvalue weighted by Gasteiger charge is 2.32. The van der Waals surface area contributed by atoms with Crippen molar-refractivity contribution in [1.29, 1.82) is 0 Å². The van der Waals surface area contributed by atoms with Gasteiger partial charge in [0.05, 0.1) is 26.2 Å². The molecule has 5 N–H and O–H groups in total. The molecular weight excluding hydrogens is 554 g/mol. The molecule has 7 nitrogen and oxygen atoms in total. The quantitative estimate of drug-likeness (QED) is 0.263. The zero-order chi connectivity index (χ0) is 24.8. The Morgan fingerprint density at radius 2 is 1.65 bits per heavy atom. The van der Waals surface area contributed by atoms with Crippen LogP contribution < -0.4 is 16.2 Å². The number of rotatable bonds is 5. The average molecular weight is 566 g/mol. The van der Waals surface area contributed by atoms with Crippen LogP contribution in [0, 0.1) is 0 Å². The molecule has 0 amide bonds. The minimum absolute atomic E-state index is 0.0340. The van der Waals surface area contributed by atoms with Gasteiger partial charge in [-0.1, -0.05) is 34.5 Å². The molecule has 2 aromatic heterocycles. The van der Waals surface area contributed by atoms with Gasteiger partial charge in [-0.05, 0) is 36.4 Å². The molecule has 0 saturated carbocycles. The van der Waals surface area contributed by atoms with Crippen molar-refractivity contribution in [2.75, 3.05) is 11.1 Å². The molecule has 2 heterocycles. The lowest BCUT2D eigenvalue weighted by Crippen LogP contribution is -2.11. The Morgan fingerprint density at radius 3 is 2.21 bits per heavy atom. The van der Waals surface area contributed by atoms with Crippen LogP contribution in [-0.4, -0.2) is 18.4 Å². The van der Waals surface area contributed by atoms with Gasteiger partial charge in [-0.25, -0.2) is 23.5 Å². The van der Waals surface area contributed by atoms with Gasteiger partial charge < -0.3 is 11.1 Å². The Bertz CT molecular complexity index is 1460. The van der Waals surface area contributed by atoms with Crippen LogP contribution in [0.15, 0.2) is 46.7 Å². The van der Waals surface area contributed by atoms with Gasteiger partial charge in [0, 0.05) is 16.6 Å². The summed E-state index contributed by atoms with van der Waals surface area (Å²) in [5.74, 6) is 0.180. The van der Waals surface area contributed by atoms with Crippen LogP contribution in [0.1, 0.15) is 5.56 Å². The van der Waals surface area contributed by atoms with Crippen LogP contribution in [0.4, 0.5) is 29.8 Å². The smallest absolute Gasteiger partial charge is 0.382 e. The number of nitrogens with one attached hydrogen (secondary N) is 1. The van der Waals surface area contributed by atoms with E-state index in [1.165, 1.54) is 46.9 Å². The molecule has 0 radical (unpaired) electrons. The third-order valence-corrected chi connectivity index (χ3v) is 7.92. The first-order valence-corrected chi connectivity index (χ1v) is 13.0. The van der Waals surface area contributed by atoms with Crippen LogP contribution in [0.2, 0.25) is 10.0 Å². The maximum absolute atomic E-state index is 13.0. The maximum atomic E-state index is 13.0. The van der Waals surface area contributed by atoms with E-state index >= 15 is 0 Å². The molecule has 178 valence electrons. The molecule has 4 aromatic rings. The molecular formula is C19H12Cl2F3N5O2S3. The molecule has 0 unspecified atom stereocenters. The number of benzene rings is 2. The number of hydrogen-bond donors (Lipinski definition) is 3. The zero-order valence-electron chi connectivity index (χ0n) is 16.5. The third kappa shape index (κ3) is 5.14. The number of sulfonamides is 1. The predicted octanol–water partition coefficient (Wildman–Crippen LogP) is 6.23. The van der Waals surface area contributed by atoms with Crippen LogP contribution in [-0.2, 0) is 16.2 Å². The first-order valence-electron chi connectivity index (χ1n) is 9.01. The highest BCUT2D eigenvalue weighted by Crippen LogP contribution is 2.43. The van der Waals surface area contributed by atoms with Crippen LogP contribution in [0.3, 0.4) is 0 Å². The van der Waals surface area contributed by atoms with Crippen molar-refractivity contribution in [1.82, 2.24) is 9.97 Å². The fraction of sp³-hybridized carbons (Fsp3) is 0.0526. The van der Waals surface area contributed by atoms with Gasteiger partial charge in [-0.2, -0.15) is 13.2 Å². The second-order valence-electron chi connectivity index (χ2n) is 6.78. The molecule has 2 aromatic carbocycles. The van der Waals surface area contributed by atoms with Gasteiger partial charge >= 0.3 is 6.18 Å². The van der Waals surface area contributed by atoms with E-state index in [1.54, 1.807) is 5.38 Å². The molecule has 0 saturated heterocycles. The highest BCUT2D eigenvalue weighted by atomic mass is 35.5. The normalized spacial score (nSPS) is 12.2. The molecule has 0 aliphatic carbocycles. The number of nitrogens with zero attached hydrogens (tertiary/aromatic N) is 2. The Balaban J connectivity index is 1.61. The first kappa shape index (κ1) is 24.7. The Labute approximate surface area is 209 Å². The number of hydrogen-bond acceptors (Lipinski definition) is 8. The van der Waals surface area contributed by atoms with Crippen LogP contribution >= 0.6 is 45.9 Å². The zero-order valence-corrected chi connectivity index (χ0v) is 20.5. The number of anilines is 3.